The molecule has 0 aliphatic rings. The second-order valence-electron chi connectivity index (χ2n) is 4.34. The molecule has 0 spiro atoms. The fraction of sp³-hybridized carbons (Fsp3) is 0.231. The van der Waals surface area contributed by atoms with Gasteiger partial charge < -0.3 is 5.11 Å². The monoisotopic (exact) mass is 284 g/mol. The number of halogens is 3. The highest BCUT2D eigenvalue weighted by Gasteiger charge is 2.35. The van der Waals surface area contributed by atoms with E-state index in [0.29, 0.717) is 5.56 Å². The Kier molecular flexibility index (Phi) is 3.29. The number of carboxylic acids is 1. The van der Waals surface area contributed by atoms with Crippen molar-refractivity contribution >= 4 is 5.97 Å². The number of hydrogen-bond acceptors (Lipinski definition) is 2. The molecular weight excluding hydrogens is 273 g/mol. The summed E-state index contributed by atoms with van der Waals surface area (Å²) in [6.07, 6.45) is -4.52. The molecule has 0 radical (unpaired) electrons. The van der Waals surface area contributed by atoms with Gasteiger partial charge in [0.2, 0.25) is 0 Å². The minimum atomic E-state index is -4.52. The van der Waals surface area contributed by atoms with Gasteiger partial charge in [-0.15, -0.1) is 0 Å². The standard InChI is InChI=1S/C13H11F3N2O2/c1-7-4-3-5-8(13(14,15)16)11(7)10-6-9(12(19)20)17-18(10)2/h3-6H,1-2H3,(H,19,20). The van der Waals surface area contributed by atoms with Crippen molar-refractivity contribution in [3.8, 4) is 11.3 Å². The molecule has 4 nitrogen and oxygen atoms in total. The molecule has 2 rings (SSSR count). The maximum absolute atomic E-state index is 13.1. The lowest BCUT2D eigenvalue weighted by atomic mass is 9.98. The average Bonchev–Trinajstić information content (AvgIpc) is 2.70. The first kappa shape index (κ1) is 14.1. The molecular formula is C13H11F3N2O2. The number of alkyl halides is 3. The molecule has 0 fully saturated rings. The van der Waals surface area contributed by atoms with Crippen LogP contribution >= 0.6 is 0 Å². The van der Waals surface area contributed by atoms with Gasteiger partial charge in [-0.1, -0.05) is 12.1 Å². The first-order valence-corrected chi connectivity index (χ1v) is 5.66. The summed E-state index contributed by atoms with van der Waals surface area (Å²) in [6.45, 7) is 1.54. The third-order valence-electron chi connectivity index (χ3n) is 2.93. The lowest BCUT2D eigenvalue weighted by Gasteiger charge is -2.15. The smallest absolute Gasteiger partial charge is 0.417 e. The lowest BCUT2D eigenvalue weighted by molar-refractivity contribution is -0.137. The highest BCUT2D eigenvalue weighted by Crippen LogP contribution is 2.38. The molecule has 1 aromatic heterocycles. The van der Waals surface area contributed by atoms with Crippen molar-refractivity contribution in [2.45, 2.75) is 13.1 Å². The van der Waals surface area contributed by atoms with Crippen molar-refractivity contribution in [1.29, 1.82) is 0 Å². The summed E-state index contributed by atoms with van der Waals surface area (Å²) in [5.74, 6) is -1.28. The molecule has 0 amide bonds. The highest BCUT2D eigenvalue weighted by molar-refractivity contribution is 5.87. The maximum Gasteiger partial charge on any atom is 0.417 e. The Labute approximate surface area is 112 Å². The minimum Gasteiger partial charge on any atom is -0.476 e. The molecule has 2 aromatic rings. The average molecular weight is 284 g/mol. The first-order valence-electron chi connectivity index (χ1n) is 5.66. The number of carboxylic acid groups (broad SMARTS) is 1. The van der Waals surface area contributed by atoms with E-state index in [1.54, 1.807) is 0 Å². The van der Waals surface area contributed by atoms with Crippen molar-refractivity contribution in [3.63, 3.8) is 0 Å². The summed E-state index contributed by atoms with van der Waals surface area (Å²) >= 11 is 0. The summed E-state index contributed by atoms with van der Waals surface area (Å²) < 4.78 is 40.3. The zero-order valence-electron chi connectivity index (χ0n) is 10.7. The summed E-state index contributed by atoms with van der Waals surface area (Å²) in [5.41, 5.74) is -0.633. The second-order valence-corrected chi connectivity index (χ2v) is 4.34. The number of aromatic nitrogens is 2. The van der Waals surface area contributed by atoms with Gasteiger partial charge in [0.05, 0.1) is 11.3 Å². The van der Waals surface area contributed by atoms with Gasteiger partial charge in [0.1, 0.15) is 0 Å². The SMILES string of the molecule is Cc1cccc(C(F)(F)F)c1-c1cc(C(=O)O)nn1C. The molecule has 0 bridgehead atoms. The third kappa shape index (κ3) is 2.38. The van der Waals surface area contributed by atoms with E-state index >= 15 is 0 Å². The Morgan fingerprint density at radius 2 is 2.00 bits per heavy atom. The van der Waals surface area contributed by atoms with E-state index in [0.717, 1.165) is 16.8 Å². The summed E-state index contributed by atoms with van der Waals surface area (Å²) in [4.78, 5) is 10.9. The Morgan fingerprint density at radius 3 is 2.50 bits per heavy atom. The number of benzene rings is 1. The molecule has 0 atom stereocenters. The van der Waals surface area contributed by atoms with E-state index in [2.05, 4.69) is 5.10 Å². The predicted octanol–water partition coefficient (Wildman–Crippen LogP) is 3.11. The third-order valence-corrected chi connectivity index (χ3v) is 2.93. The van der Waals surface area contributed by atoms with E-state index in [1.807, 2.05) is 0 Å². The maximum atomic E-state index is 13.1. The Morgan fingerprint density at radius 1 is 1.35 bits per heavy atom. The van der Waals surface area contributed by atoms with E-state index in [-0.39, 0.29) is 17.0 Å². The van der Waals surface area contributed by atoms with Crippen LogP contribution in [0.25, 0.3) is 11.3 Å². The van der Waals surface area contributed by atoms with Gasteiger partial charge in [-0.05, 0) is 24.6 Å². The van der Waals surface area contributed by atoms with Crippen LogP contribution in [0.1, 0.15) is 21.6 Å². The molecule has 106 valence electrons. The van der Waals surface area contributed by atoms with Gasteiger partial charge in [-0.25, -0.2) is 4.79 Å². The fourth-order valence-corrected chi connectivity index (χ4v) is 2.05. The molecule has 0 unspecified atom stereocenters. The number of nitrogens with zero attached hydrogens (tertiary/aromatic N) is 2. The van der Waals surface area contributed by atoms with Crippen LogP contribution in [0.4, 0.5) is 13.2 Å². The van der Waals surface area contributed by atoms with Crippen molar-refractivity contribution in [2.24, 2.45) is 7.05 Å². The van der Waals surface area contributed by atoms with E-state index in [9.17, 15) is 18.0 Å². The summed E-state index contributed by atoms with van der Waals surface area (Å²) in [6, 6.07) is 4.96. The molecule has 0 aliphatic carbocycles. The number of rotatable bonds is 2. The Hall–Kier alpha value is -2.31. The molecule has 0 aliphatic heterocycles. The van der Waals surface area contributed by atoms with Gasteiger partial charge in [-0.3, -0.25) is 4.68 Å². The number of hydrogen-bond donors (Lipinski definition) is 1. The van der Waals surface area contributed by atoms with Crippen molar-refractivity contribution in [2.75, 3.05) is 0 Å². The van der Waals surface area contributed by atoms with Crippen LogP contribution in [0.15, 0.2) is 24.3 Å². The van der Waals surface area contributed by atoms with Gasteiger partial charge in [0.15, 0.2) is 5.69 Å². The van der Waals surface area contributed by atoms with Crippen molar-refractivity contribution in [3.05, 3.63) is 41.1 Å². The van der Waals surface area contributed by atoms with Crippen LogP contribution in [-0.4, -0.2) is 20.9 Å². The topological polar surface area (TPSA) is 55.1 Å². The summed E-state index contributed by atoms with van der Waals surface area (Å²) in [7, 11) is 1.41. The fourth-order valence-electron chi connectivity index (χ4n) is 2.05. The summed E-state index contributed by atoms with van der Waals surface area (Å²) in [5, 5.41) is 12.6. The number of aromatic carboxylic acids is 1. The van der Waals surface area contributed by atoms with Gasteiger partial charge in [0.25, 0.3) is 0 Å². The van der Waals surface area contributed by atoms with Crippen LogP contribution < -0.4 is 0 Å². The molecule has 1 aromatic carbocycles. The van der Waals surface area contributed by atoms with E-state index in [1.165, 1.54) is 26.1 Å². The van der Waals surface area contributed by atoms with Crippen LogP contribution in [-0.2, 0) is 13.2 Å². The zero-order chi connectivity index (χ0) is 15.1. The van der Waals surface area contributed by atoms with Crippen molar-refractivity contribution in [1.82, 2.24) is 9.78 Å². The zero-order valence-corrected chi connectivity index (χ0v) is 10.7. The largest absolute Gasteiger partial charge is 0.476 e. The molecule has 1 N–H and O–H groups in total. The number of aryl methyl sites for hydroxylation is 2. The van der Waals surface area contributed by atoms with E-state index < -0.39 is 17.7 Å². The number of carbonyl (C=O) groups is 1. The quantitative estimate of drug-likeness (QED) is 0.921. The second kappa shape index (κ2) is 4.66. The Bertz CT molecular complexity index is 675. The molecule has 0 saturated carbocycles. The van der Waals surface area contributed by atoms with Gasteiger partial charge >= 0.3 is 12.1 Å². The minimum absolute atomic E-state index is 0.0532. The molecule has 7 heteroatoms. The van der Waals surface area contributed by atoms with Crippen LogP contribution in [0, 0.1) is 6.92 Å². The first-order chi connectivity index (χ1) is 9.21. The highest BCUT2D eigenvalue weighted by atomic mass is 19.4. The van der Waals surface area contributed by atoms with Crippen LogP contribution in [0.5, 0.6) is 0 Å². The Balaban J connectivity index is 2.73. The van der Waals surface area contributed by atoms with Crippen LogP contribution in [0.3, 0.4) is 0 Å². The normalized spacial score (nSPS) is 11.7. The van der Waals surface area contributed by atoms with Gasteiger partial charge in [-0.2, -0.15) is 18.3 Å². The lowest BCUT2D eigenvalue weighted by Crippen LogP contribution is -2.09. The molecule has 0 saturated heterocycles. The van der Waals surface area contributed by atoms with E-state index in [4.69, 9.17) is 5.11 Å². The van der Waals surface area contributed by atoms with Gasteiger partial charge in [0, 0.05) is 12.6 Å². The predicted molar refractivity (Wildman–Crippen MR) is 65.3 cm³/mol. The van der Waals surface area contributed by atoms with Crippen molar-refractivity contribution < 1.29 is 23.1 Å². The molecule has 20 heavy (non-hydrogen) atoms. The molecule has 1 heterocycles. The van der Waals surface area contributed by atoms with Crippen LogP contribution in [0.2, 0.25) is 0 Å².